The number of pyridine rings is 1. The summed E-state index contributed by atoms with van der Waals surface area (Å²) < 4.78 is 27.0. The van der Waals surface area contributed by atoms with E-state index in [-0.39, 0.29) is 16.0 Å². The zero-order valence-electron chi connectivity index (χ0n) is 15.2. The fourth-order valence-electron chi connectivity index (χ4n) is 2.56. The van der Waals surface area contributed by atoms with Crippen LogP contribution in [0.2, 0.25) is 5.15 Å². The molecule has 0 fully saturated rings. The number of rotatable bonds is 6. The summed E-state index contributed by atoms with van der Waals surface area (Å²) in [5.74, 6) is -0.380. The molecule has 0 saturated heterocycles. The number of aryl methyl sites for hydroxylation is 1. The number of carbonyl (C=O) groups excluding carboxylic acids is 1. The summed E-state index contributed by atoms with van der Waals surface area (Å²) in [5.41, 5.74) is 2.38. The highest BCUT2D eigenvalue weighted by Gasteiger charge is 2.23. The first-order valence-electron chi connectivity index (χ1n) is 8.25. The number of aromatic nitrogens is 1. The Morgan fingerprint density at radius 3 is 2.42 bits per heavy atom. The van der Waals surface area contributed by atoms with E-state index in [1.807, 2.05) is 13.8 Å². The quantitative estimate of drug-likeness (QED) is 0.757. The number of anilines is 1. The van der Waals surface area contributed by atoms with E-state index in [1.165, 1.54) is 22.6 Å². The van der Waals surface area contributed by atoms with Crippen molar-refractivity contribution in [1.29, 1.82) is 0 Å². The number of hydrogen-bond acceptors (Lipinski definition) is 4. The minimum Gasteiger partial charge on any atom is -0.322 e. The number of nitrogens with one attached hydrogen (secondary N) is 1. The summed E-state index contributed by atoms with van der Waals surface area (Å²) >= 11 is 5.82. The van der Waals surface area contributed by atoms with Crippen LogP contribution >= 0.6 is 11.6 Å². The van der Waals surface area contributed by atoms with Gasteiger partial charge in [0, 0.05) is 30.5 Å². The standard InChI is InChI=1S/C18H22ClN3O3S/c1-5-22(6-2)26(24,25)15-9-12(3)13(4)16(11-15)21-18(23)14-7-8-20-17(19)10-14/h7-11H,5-6H2,1-4H3,(H,21,23). The number of sulfonamides is 1. The molecule has 0 aliphatic rings. The van der Waals surface area contributed by atoms with Gasteiger partial charge in [0.1, 0.15) is 5.15 Å². The number of hydrogen-bond donors (Lipinski definition) is 1. The van der Waals surface area contributed by atoms with Crippen LogP contribution in [-0.4, -0.2) is 36.7 Å². The van der Waals surface area contributed by atoms with Gasteiger partial charge in [0.05, 0.1) is 4.90 Å². The van der Waals surface area contributed by atoms with Gasteiger partial charge < -0.3 is 5.32 Å². The molecular formula is C18H22ClN3O3S. The second kappa shape index (κ2) is 8.16. The maximum atomic E-state index is 12.8. The molecule has 2 aromatic rings. The fourth-order valence-corrected chi connectivity index (χ4v) is 4.30. The first-order chi connectivity index (χ1) is 12.2. The third kappa shape index (κ3) is 4.23. The van der Waals surface area contributed by atoms with Crippen LogP contribution in [0.15, 0.2) is 35.4 Å². The number of nitrogens with zero attached hydrogens (tertiary/aromatic N) is 2. The Kier molecular flexibility index (Phi) is 6.39. The summed E-state index contributed by atoms with van der Waals surface area (Å²) in [5, 5.41) is 2.99. The van der Waals surface area contributed by atoms with E-state index in [0.29, 0.717) is 24.3 Å². The second-order valence-electron chi connectivity index (χ2n) is 5.82. The van der Waals surface area contributed by atoms with E-state index in [1.54, 1.807) is 26.0 Å². The van der Waals surface area contributed by atoms with Crippen LogP contribution in [0.4, 0.5) is 5.69 Å². The molecule has 0 bridgehead atoms. The number of halogens is 1. The lowest BCUT2D eigenvalue weighted by atomic mass is 10.1. The molecule has 1 N–H and O–H groups in total. The van der Waals surface area contributed by atoms with Crippen molar-refractivity contribution in [1.82, 2.24) is 9.29 Å². The number of amides is 1. The van der Waals surface area contributed by atoms with E-state index in [0.717, 1.165) is 11.1 Å². The maximum absolute atomic E-state index is 12.8. The Hall–Kier alpha value is -1.96. The first kappa shape index (κ1) is 20.4. The van der Waals surface area contributed by atoms with Crippen LogP contribution < -0.4 is 5.32 Å². The van der Waals surface area contributed by atoms with Crippen molar-refractivity contribution >= 4 is 33.2 Å². The molecule has 26 heavy (non-hydrogen) atoms. The van der Waals surface area contributed by atoms with Crippen molar-refractivity contribution in [2.24, 2.45) is 0 Å². The van der Waals surface area contributed by atoms with Crippen molar-refractivity contribution in [3.8, 4) is 0 Å². The Labute approximate surface area is 159 Å². The van der Waals surface area contributed by atoms with Gasteiger partial charge in [-0.25, -0.2) is 13.4 Å². The molecule has 1 aromatic carbocycles. The Balaban J connectivity index is 2.44. The van der Waals surface area contributed by atoms with Gasteiger partial charge in [0.25, 0.3) is 5.91 Å². The van der Waals surface area contributed by atoms with Crippen LogP contribution in [0.3, 0.4) is 0 Å². The molecule has 0 saturated carbocycles. The minimum absolute atomic E-state index is 0.160. The molecule has 1 heterocycles. The molecule has 0 aliphatic heterocycles. The van der Waals surface area contributed by atoms with E-state index >= 15 is 0 Å². The van der Waals surface area contributed by atoms with Gasteiger partial charge >= 0.3 is 0 Å². The number of carbonyl (C=O) groups is 1. The average molecular weight is 396 g/mol. The zero-order valence-corrected chi connectivity index (χ0v) is 16.8. The Morgan fingerprint density at radius 2 is 1.85 bits per heavy atom. The van der Waals surface area contributed by atoms with Crippen LogP contribution in [0, 0.1) is 13.8 Å². The normalized spacial score (nSPS) is 11.6. The zero-order chi connectivity index (χ0) is 19.5. The van der Waals surface area contributed by atoms with E-state index < -0.39 is 10.0 Å². The highest BCUT2D eigenvalue weighted by atomic mass is 35.5. The van der Waals surface area contributed by atoms with Crippen molar-refractivity contribution in [3.63, 3.8) is 0 Å². The van der Waals surface area contributed by atoms with E-state index in [9.17, 15) is 13.2 Å². The van der Waals surface area contributed by atoms with Crippen molar-refractivity contribution < 1.29 is 13.2 Å². The summed E-state index contributed by atoms with van der Waals surface area (Å²) in [7, 11) is -3.62. The smallest absolute Gasteiger partial charge is 0.255 e. The fraction of sp³-hybridized carbons (Fsp3) is 0.333. The third-order valence-electron chi connectivity index (χ3n) is 4.22. The third-order valence-corrected chi connectivity index (χ3v) is 6.46. The summed E-state index contributed by atoms with van der Waals surface area (Å²) in [4.78, 5) is 16.5. The van der Waals surface area contributed by atoms with E-state index in [2.05, 4.69) is 10.3 Å². The lowest BCUT2D eigenvalue weighted by Gasteiger charge is -2.20. The highest BCUT2D eigenvalue weighted by molar-refractivity contribution is 7.89. The Morgan fingerprint density at radius 1 is 1.19 bits per heavy atom. The summed E-state index contributed by atoms with van der Waals surface area (Å²) in [6, 6.07) is 6.12. The molecule has 0 spiro atoms. The lowest BCUT2D eigenvalue weighted by Crippen LogP contribution is -2.30. The van der Waals surface area contributed by atoms with Gasteiger partial charge in [-0.2, -0.15) is 4.31 Å². The second-order valence-corrected chi connectivity index (χ2v) is 8.15. The maximum Gasteiger partial charge on any atom is 0.255 e. The highest BCUT2D eigenvalue weighted by Crippen LogP contribution is 2.26. The minimum atomic E-state index is -3.62. The summed E-state index contributed by atoms with van der Waals surface area (Å²) in [6.07, 6.45) is 1.44. The summed E-state index contributed by atoms with van der Waals surface area (Å²) in [6.45, 7) is 7.98. The van der Waals surface area contributed by atoms with Crippen LogP contribution in [0.1, 0.15) is 35.3 Å². The molecule has 2 rings (SSSR count). The van der Waals surface area contributed by atoms with Gasteiger partial charge in [-0.3, -0.25) is 4.79 Å². The monoisotopic (exact) mass is 395 g/mol. The molecule has 0 unspecified atom stereocenters. The molecule has 6 nitrogen and oxygen atoms in total. The molecule has 0 aliphatic carbocycles. The Bertz CT molecular complexity index is 925. The van der Waals surface area contributed by atoms with Gasteiger partial charge in [-0.05, 0) is 49.2 Å². The largest absolute Gasteiger partial charge is 0.322 e. The number of benzene rings is 1. The molecule has 1 amide bonds. The van der Waals surface area contributed by atoms with Gasteiger partial charge in [0.2, 0.25) is 10.0 Å². The average Bonchev–Trinajstić information content (AvgIpc) is 2.59. The lowest BCUT2D eigenvalue weighted by molar-refractivity contribution is 0.102. The van der Waals surface area contributed by atoms with Crippen molar-refractivity contribution in [2.75, 3.05) is 18.4 Å². The molecule has 140 valence electrons. The van der Waals surface area contributed by atoms with Crippen molar-refractivity contribution in [3.05, 3.63) is 52.3 Å². The SMILES string of the molecule is CCN(CC)S(=O)(=O)c1cc(C)c(C)c(NC(=O)c2ccnc(Cl)c2)c1. The molecule has 0 radical (unpaired) electrons. The van der Waals surface area contributed by atoms with Gasteiger partial charge in [0.15, 0.2) is 0 Å². The predicted octanol–water partition coefficient (Wildman–Crippen LogP) is 3.63. The molecule has 0 atom stereocenters. The molecule has 8 heteroatoms. The van der Waals surface area contributed by atoms with Crippen LogP contribution in [0.25, 0.3) is 0 Å². The predicted molar refractivity (Wildman–Crippen MR) is 103 cm³/mol. The van der Waals surface area contributed by atoms with Crippen molar-refractivity contribution in [2.45, 2.75) is 32.6 Å². The van der Waals surface area contributed by atoms with E-state index in [4.69, 9.17) is 11.6 Å². The first-order valence-corrected chi connectivity index (χ1v) is 10.1. The topological polar surface area (TPSA) is 79.4 Å². The molecule has 1 aromatic heterocycles. The van der Waals surface area contributed by atoms with Gasteiger partial charge in [-0.1, -0.05) is 25.4 Å². The molecular weight excluding hydrogens is 374 g/mol. The van der Waals surface area contributed by atoms with Crippen LogP contribution in [0.5, 0.6) is 0 Å². The van der Waals surface area contributed by atoms with Gasteiger partial charge in [-0.15, -0.1) is 0 Å². The van der Waals surface area contributed by atoms with Crippen LogP contribution in [-0.2, 0) is 10.0 Å².